The van der Waals surface area contributed by atoms with Crippen molar-refractivity contribution in [2.24, 2.45) is 23.7 Å². The number of methoxy groups -OCH3 is 1. The van der Waals surface area contributed by atoms with E-state index in [0.29, 0.717) is 32.1 Å². The van der Waals surface area contributed by atoms with Gasteiger partial charge in [-0.05, 0) is 68.2 Å². The van der Waals surface area contributed by atoms with Gasteiger partial charge in [-0.1, -0.05) is 31.6 Å². The fourth-order valence-corrected chi connectivity index (χ4v) is 7.07. The van der Waals surface area contributed by atoms with Crippen molar-refractivity contribution in [3.8, 4) is 11.5 Å². The zero-order valence-electron chi connectivity index (χ0n) is 23.6. The zero-order valence-corrected chi connectivity index (χ0v) is 24.4. The van der Waals surface area contributed by atoms with Crippen LogP contribution in [0, 0.1) is 35.3 Å². The molecule has 2 saturated carbocycles. The van der Waals surface area contributed by atoms with E-state index in [1.165, 1.54) is 7.11 Å². The van der Waals surface area contributed by atoms with Crippen LogP contribution in [0.3, 0.4) is 0 Å². The third-order valence-corrected chi connectivity index (χ3v) is 9.63. The van der Waals surface area contributed by atoms with Gasteiger partial charge in [-0.25, -0.2) is 8.78 Å². The molecule has 0 radical (unpaired) electrons. The van der Waals surface area contributed by atoms with Gasteiger partial charge in [0, 0.05) is 17.8 Å². The third kappa shape index (κ3) is 6.84. The van der Waals surface area contributed by atoms with Gasteiger partial charge in [0.25, 0.3) is 5.91 Å². The molecule has 0 aliphatic heterocycles. The average Bonchev–Trinajstić information content (AvgIpc) is 3.56. The number of allylic oxidation sites excluding steroid dienone is 1. The minimum atomic E-state index is -10.4. The van der Waals surface area contributed by atoms with E-state index in [1.54, 1.807) is 12.2 Å². The number of carbonyl (C=O) groups is 3. The van der Waals surface area contributed by atoms with E-state index in [-0.39, 0.29) is 35.1 Å². The Hall–Kier alpha value is -3.95. The fourth-order valence-electron chi connectivity index (χ4n) is 6.29. The van der Waals surface area contributed by atoms with Crippen molar-refractivity contribution in [1.29, 1.82) is 0 Å². The van der Waals surface area contributed by atoms with Crippen molar-refractivity contribution < 1.29 is 57.2 Å². The lowest BCUT2D eigenvalue weighted by molar-refractivity contribution is -0.143. The minimum Gasteiger partial charge on any atom is -0.496 e. The number of carboxylic acids is 1. The molecule has 246 valence electrons. The number of amides is 2. The molecule has 5 rings (SSSR count). The van der Waals surface area contributed by atoms with E-state index >= 15 is 0 Å². The number of ether oxygens (including phenoxy) is 2. The molecule has 45 heavy (non-hydrogen) atoms. The van der Waals surface area contributed by atoms with Gasteiger partial charge in [-0.3, -0.25) is 14.4 Å². The quantitative estimate of drug-likeness (QED) is 0.193. The molecule has 4 atom stereocenters. The molecule has 2 amide bonds. The molecule has 0 heterocycles. The maximum absolute atomic E-state index is 14.9. The number of hydrogen-bond donors (Lipinski definition) is 3. The summed E-state index contributed by atoms with van der Waals surface area (Å²) in [6, 6.07) is 1.92. The Bertz CT molecular complexity index is 1580. The van der Waals surface area contributed by atoms with Crippen LogP contribution in [-0.4, -0.2) is 42.1 Å². The van der Waals surface area contributed by atoms with Crippen LogP contribution >= 0.6 is 10.2 Å². The lowest BCUT2D eigenvalue weighted by Crippen LogP contribution is -2.47. The standard InChI is InChI=1S/C29H29F7N2O6S/c1-43-22-13-21(31)23(44-18-7-4-14(5-8-18)29(41)42)12-19(22)27(39)38-26-16-3-2-15(10-16)25(26)28(40)37-17-6-9-20(30)24(11-17)45(32,33,34,35)36/h2-3,6,9,11-16,18,25-26H,4-5,7-8,10H2,1H3,(H,37,40)(H,38,39)(H,41,42)/t14-,15-,16+,18+,25+,26-/m1/s1. The summed E-state index contributed by atoms with van der Waals surface area (Å²) >= 11 is 0. The van der Waals surface area contributed by atoms with Crippen LogP contribution in [-0.2, 0) is 9.59 Å². The topological polar surface area (TPSA) is 114 Å². The molecular formula is C29H29F7N2O6S. The molecule has 3 aliphatic rings. The van der Waals surface area contributed by atoms with E-state index in [0.717, 1.165) is 18.2 Å². The van der Waals surface area contributed by atoms with E-state index in [9.17, 15) is 47.7 Å². The van der Waals surface area contributed by atoms with Crippen molar-refractivity contribution >= 4 is 33.7 Å². The fraction of sp³-hybridized carbons (Fsp3) is 0.414. The summed E-state index contributed by atoms with van der Waals surface area (Å²) in [5.74, 6) is -8.39. The third-order valence-electron chi connectivity index (χ3n) is 8.49. The highest BCUT2D eigenvalue weighted by molar-refractivity contribution is 8.45. The summed E-state index contributed by atoms with van der Waals surface area (Å²) < 4.78 is 106. The molecule has 2 aromatic rings. The predicted octanol–water partition coefficient (Wildman–Crippen LogP) is 7.21. The number of aliphatic carboxylic acids is 1. The van der Waals surface area contributed by atoms with Crippen LogP contribution < -0.4 is 20.1 Å². The van der Waals surface area contributed by atoms with E-state index in [1.807, 2.05) is 0 Å². The molecular weight excluding hydrogens is 637 g/mol. The van der Waals surface area contributed by atoms with Gasteiger partial charge in [0.1, 0.15) is 16.5 Å². The summed E-state index contributed by atoms with van der Waals surface area (Å²) in [5.41, 5.74) is -0.848. The number of rotatable bonds is 9. The highest BCUT2D eigenvalue weighted by Gasteiger charge is 2.67. The molecule has 0 spiro atoms. The molecule has 0 aromatic heterocycles. The smallest absolute Gasteiger partial charge is 0.313 e. The van der Waals surface area contributed by atoms with Gasteiger partial charge >= 0.3 is 16.2 Å². The van der Waals surface area contributed by atoms with Crippen molar-refractivity contribution in [3.05, 3.63) is 59.7 Å². The minimum absolute atomic E-state index is 0.141. The summed E-state index contributed by atoms with van der Waals surface area (Å²) in [5, 5.41) is 14.1. The first kappa shape index (κ1) is 32.4. The van der Waals surface area contributed by atoms with Crippen LogP contribution in [0.5, 0.6) is 11.5 Å². The lowest BCUT2D eigenvalue weighted by atomic mass is 9.87. The largest absolute Gasteiger partial charge is 0.496 e. The summed E-state index contributed by atoms with van der Waals surface area (Å²) in [7, 11) is -9.20. The lowest BCUT2D eigenvalue weighted by Gasteiger charge is -2.40. The number of carbonyl (C=O) groups excluding carboxylic acids is 2. The maximum atomic E-state index is 14.9. The number of halogens is 7. The Morgan fingerprint density at radius 2 is 1.56 bits per heavy atom. The van der Waals surface area contributed by atoms with Gasteiger partial charge < -0.3 is 25.2 Å². The van der Waals surface area contributed by atoms with Crippen molar-refractivity contribution in [2.75, 3.05) is 12.4 Å². The summed E-state index contributed by atoms with van der Waals surface area (Å²) in [4.78, 5) is 35.2. The van der Waals surface area contributed by atoms with Crippen LogP contribution in [0.1, 0.15) is 42.5 Å². The van der Waals surface area contributed by atoms with Crippen molar-refractivity contribution in [2.45, 2.75) is 49.1 Å². The van der Waals surface area contributed by atoms with E-state index < -0.39 is 80.1 Å². The highest BCUT2D eigenvalue weighted by Crippen LogP contribution is 3.02. The summed E-state index contributed by atoms with van der Waals surface area (Å²) in [6.45, 7) is 0. The molecule has 8 nitrogen and oxygen atoms in total. The van der Waals surface area contributed by atoms with Crippen molar-refractivity contribution in [3.63, 3.8) is 0 Å². The average molecular weight is 667 g/mol. The molecule has 2 bridgehead atoms. The van der Waals surface area contributed by atoms with Crippen molar-refractivity contribution in [1.82, 2.24) is 5.32 Å². The van der Waals surface area contributed by atoms with Crippen LogP contribution in [0.25, 0.3) is 0 Å². The Kier molecular flexibility index (Phi) is 7.82. The highest BCUT2D eigenvalue weighted by atomic mass is 32.5. The van der Waals surface area contributed by atoms with Gasteiger partial charge in [0.15, 0.2) is 11.6 Å². The summed E-state index contributed by atoms with van der Waals surface area (Å²) in [6.07, 6.45) is 4.76. The van der Waals surface area contributed by atoms with Gasteiger partial charge in [0.05, 0.1) is 30.6 Å². The number of nitrogens with one attached hydrogen (secondary N) is 2. The van der Waals surface area contributed by atoms with Crippen LogP contribution in [0.15, 0.2) is 47.4 Å². The number of anilines is 1. The molecule has 3 N–H and O–H groups in total. The first-order valence-electron chi connectivity index (χ1n) is 14.0. The van der Waals surface area contributed by atoms with Gasteiger partial charge in [-0.2, -0.15) is 0 Å². The molecule has 0 unspecified atom stereocenters. The monoisotopic (exact) mass is 666 g/mol. The first-order valence-corrected chi connectivity index (χ1v) is 15.9. The Morgan fingerprint density at radius 1 is 0.889 bits per heavy atom. The van der Waals surface area contributed by atoms with E-state index in [4.69, 9.17) is 9.47 Å². The Morgan fingerprint density at radius 3 is 2.18 bits per heavy atom. The number of fused-ring (bicyclic) bond motifs is 2. The second-order valence-electron chi connectivity index (χ2n) is 11.5. The van der Waals surface area contributed by atoms with Crippen LogP contribution in [0.2, 0.25) is 0 Å². The molecule has 2 fully saturated rings. The predicted molar refractivity (Wildman–Crippen MR) is 149 cm³/mol. The Labute approximate surface area is 252 Å². The molecule has 3 aliphatic carbocycles. The molecule has 2 aromatic carbocycles. The van der Waals surface area contributed by atoms with Gasteiger partial charge in [0.2, 0.25) is 5.91 Å². The number of carboxylic acid groups (broad SMARTS) is 1. The van der Waals surface area contributed by atoms with E-state index in [2.05, 4.69) is 10.6 Å². The second kappa shape index (κ2) is 10.8. The molecule has 16 heteroatoms. The number of benzene rings is 2. The molecule has 0 saturated heterocycles. The number of hydrogen-bond acceptors (Lipinski definition) is 5. The Balaban J connectivity index is 1.34. The maximum Gasteiger partial charge on any atom is 0.313 e. The normalized spacial score (nSPS) is 27.3. The SMILES string of the molecule is COc1cc(F)c(O[C@H]2CC[C@@H](C(=O)O)CC2)cc1C(=O)N[C@H]1[C@@H](C(=O)Nc2ccc(F)c(S(F)(F)(F)(F)F)c2)[C@@H]2C=C[C@H]1C2. The first-order chi connectivity index (χ1) is 20.8. The van der Waals surface area contributed by atoms with Crippen LogP contribution in [0.4, 0.5) is 33.9 Å². The van der Waals surface area contributed by atoms with Gasteiger partial charge in [-0.15, -0.1) is 0 Å². The zero-order chi connectivity index (χ0) is 33.0. The second-order valence-corrected chi connectivity index (χ2v) is 13.9.